The van der Waals surface area contributed by atoms with E-state index in [1.54, 1.807) is 12.1 Å². The van der Waals surface area contributed by atoms with Crippen LogP contribution in [0, 0.1) is 16.0 Å². The van der Waals surface area contributed by atoms with Crippen LogP contribution in [0.5, 0.6) is 0 Å². The molecule has 0 saturated heterocycles. The Balaban J connectivity index is 1.42. The maximum Gasteiger partial charge on any atom is 0.320 e. The van der Waals surface area contributed by atoms with Gasteiger partial charge in [-0.3, -0.25) is 39.5 Å². The van der Waals surface area contributed by atoms with Gasteiger partial charge in [0.15, 0.2) is 0 Å². The number of benzene rings is 3. The first-order chi connectivity index (χ1) is 19.0. The van der Waals surface area contributed by atoms with Gasteiger partial charge in [0.25, 0.3) is 17.5 Å². The number of fused-ring (bicyclic) bond motifs is 2. The average molecular weight is 547 g/mol. The first-order valence-electron chi connectivity index (χ1n) is 12.9. The van der Waals surface area contributed by atoms with Gasteiger partial charge in [0.2, 0.25) is 5.91 Å². The van der Waals surface area contributed by atoms with E-state index in [4.69, 9.17) is 0 Å². The number of amides is 3. The number of imide groups is 1. The molecule has 4 rings (SSSR count). The SMILES string of the molecule is CC(C)C[C@@H](NC(CCN1C(=O)c2cc3ccccc3cc2C1=O)C(=O)O)C(=O)NCc1ccc([N+](=O)[O-])cc1. The van der Waals surface area contributed by atoms with Gasteiger partial charge in [0.1, 0.15) is 6.04 Å². The van der Waals surface area contributed by atoms with Gasteiger partial charge in [-0.25, -0.2) is 0 Å². The number of carbonyl (C=O) groups excluding carboxylic acids is 3. The smallest absolute Gasteiger partial charge is 0.320 e. The normalized spacial score (nSPS) is 14.3. The summed E-state index contributed by atoms with van der Waals surface area (Å²) >= 11 is 0. The van der Waals surface area contributed by atoms with E-state index < -0.39 is 40.7 Å². The van der Waals surface area contributed by atoms with Crippen molar-refractivity contribution in [1.82, 2.24) is 15.5 Å². The molecule has 3 N–H and O–H groups in total. The van der Waals surface area contributed by atoms with Crippen molar-refractivity contribution in [1.29, 1.82) is 0 Å². The minimum absolute atomic E-state index is 0.0578. The fourth-order valence-corrected chi connectivity index (χ4v) is 4.73. The van der Waals surface area contributed by atoms with Crippen LogP contribution < -0.4 is 10.6 Å². The third-order valence-corrected chi connectivity index (χ3v) is 6.82. The molecule has 3 aromatic carbocycles. The molecule has 0 bridgehead atoms. The predicted octanol–water partition coefficient (Wildman–Crippen LogP) is 3.51. The van der Waals surface area contributed by atoms with Crippen molar-refractivity contribution in [3.8, 4) is 0 Å². The van der Waals surface area contributed by atoms with E-state index in [0.29, 0.717) is 12.0 Å². The lowest BCUT2D eigenvalue weighted by Crippen LogP contribution is -2.52. The van der Waals surface area contributed by atoms with Crippen LogP contribution in [0.2, 0.25) is 0 Å². The summed E-state index contributed by atoms with van der Waals surface area (Å²) in [7, 11) is 0. The first-order valence-corrected chi connectivity index (χ1v) is 12.9. The molecular formula is C29H30N4O7. The average Bonchev–Trinajstić information content (AvgIpc) is 3.15. The van der Waals surface area contributed by atoms with E-state index in [1.807, 2.05) is 38.1 Å². The quantitative estimate of drug-likeness (QED) is 0.177. The summed E-state index contributed by atoms with van der Waals surface area (Å²) in [5.74, 6) is -2.53. The van der Waals surface area contributed by atoms with Gasteiger partial charge in [0.05, 0.1) is 22.1 Å². The number of nitrogens with zero attached hydrogens (tertiary/aromatic N) is 2. The number of aliphatic carboxylic acids is 1. The fraction of sp³-hybridized carbons (Fsp3) is 0.310. The Hall–Kier alpha value is -4.64. The summed E-state index contributed by atoms with van der Waals surface area (Å²) in [6.45, 7) is 3.77. The Labute approximate surface area is 230 Å². The van der Waals surface area contributed by atoms with Gasteiger partial charge in [-0.2, -0.15) is 0 Å². The van der Waals surface area contributed by atoms with Crippen molar-refractivity contribution in [3.63, 3.8) is 0 Å². The van der Waals surface area contributed by atoms with Crippen LogP contribution in [0.1, 0.15) is 53.0 Å². The molecule has 0 aliphatic carbocycles. The highest BCUT2D eigenvalue weighted by atomic mass is 16.6. The summed E-state index contributed by atoms with van der Waals surface area (Å²) in [5, 5.41) is 28.0. The number of hydrogen-bond donors (Lipinski definition) is 3. The number of carboxylic acids is 1. The Morgan fingerprint density at radius 2 is 1.52 bits per heavy atom. The topological polar surface area (TPSA) is 159 Å². The van der Waals surface area contributed by atoms with Crippen LogP contribution in [0.3, 0.4) is 0 Å². The van der Waals surface area contributed by atoms with Crippen molar-refractivity contribution in [2.24, 2.45) is 5.92 Å². The highest BCUT2D eigenvalue weighted by molar-refractivity contribution is 6.23. The Kier molecular flexibility index (Phi) is 8.54. The lowest BCUT2D eigenvalue weighted by molar-refractivity contribution is -0.384. The van der Waals surface area contributed by atoms with Crippen LogP contribution in [-0.2, 0) is 16.1 Å². The van der Waals surface area contributed by atoms with Crippen molar-refractivity contribution < 1.29 is 29.2 Å². The van der Waals surface area contributed by atoms with Crippen LogP contribution in [0.15, 0.2) is 60.7 Å². The molecule has 1 aliphatic rings. The number of nitro benzene ring substituents is 1. The zero-order valence-electron chi connectivity index (χ0n) is 22.1. The molecule has 3 aromatic rings. The lowest BCUT2D eigenvalue weighted by atomic mass is 10.0. The Morgan fingerprint density at radius 3 is 2.02 bits per heavy atom. The number of nitro groups is 1. The van der Waals surface area contributed by atoms with Crippen molar-refractivity contribution >= 4 is 40.2 Å². The zero-order chi connectivity index (χ0) is 29.0. The zero-order valence-corrected chi connectivity index (χ0v) is 22.1. The van der Waals surface area contributed by atoms with Crippen molar-refractivity contribution in [2.45, 2.75) is 45.3 Å². The third kappa shape index (κ3) is 6.32. The second kappa shape index (κ2) is 12.0. The van der Waals surface area contributed by atoms with Crippen LogP contribution >= 0.6 is 0 Å². The molecule has 0 radical (unpaired) electrons. The molecule has 2 atom stereocenters. The van der Waals surface area contributed by atoms with Gasteiger partial charge < -0.3 is 10.4 Å². The highest BCUT2D eigenvalue weighted by Gasteiger charge is 2.37. The van der Waals surface area contributed by atoms with E-state index in [2.05, 4.69) is 10.6 Å². The number of rotatable bonds is 12. The standard InChI is InChI=1S/C29H30N4O7/c1-17(2)13-25(26(34)30-16-18-7-9-21(10-8-18)33(39)40)31-24(29(37)38)11-12-32-27(35)22-14-19-5-3-4-6-20(19)15-23(22)28(32)36/h3-10,14-15,17,24-25,31H,11-13,16H2,1-2H3,(H,30,34)(H,37,38)/t24?,25-/m1/s1. The van der Waals surface area contributed by atoms with E-state index in [9.17, 15) is 34.4 Å². The van der Waals surface area contributed by atoms with Crippen LogP contribution in [0.25, 0.3) is 10.8 Å². The summed E-state index contributed by atoms with van der Waals surface area (Å²) in [6, 6.07) is 14.4. The summed E-state index contributed by atoms with van der Waals surface area (Å²) < 4.78 is 0. The van der Waals surface area contributed by atoms with E-state index >= 15 is 0 Å². The van der Waals surface area contributed by atoms with Gasteiger partial charge >= 0.3 is 5.97 Å². The first kappa shape index (κ1) is 28.4. The van der Waals surface area contributed by atoms with Gasteiger partial charge in [-0.15, -0.1) is 0 Å². The Bertz CT molecular complexity index is 1410. The number of non-ortho nitro benzene ring substituents is 1. The van der Waals surface area contributed by atoms with Gasteiger partial charge in [-0.05, 0) is 47.2 Å². The van der Waals surface area contributed by atoms with E-state index in [0.717, 1.165) is 15.7 Å². The molecule has 40 heavy (non-hydrogen) atoms. The number of hydrogen-bond acceptors (Lipinski definition) is 7. The number of nitrogens with one attached hydrogen (secondary N) is 2. The maximum absolute atomic E-state index is 13.0. The number of carboxylic acid groups (broad SMARTS) is 1. The molecule has 11 nitrogen and oxygen atoms in total. The molecule has 0 fully saturated rings. The minimum atomic E-state index is -1.21. The maximum atomic E-state index is 13.0. The summed E-state index contributed by atoms with van der Waals surface area (Å²) in [6.07, 6.45) is 0.250. The molecule has 1 unspecified atom stereocenters. The predicted molar refractivity (Wildman–Crippen MR) is 147 cm³/mol. The molecule has 11 heteroatoms. The van der Waals surface area contributed by atoms with Gasteiger partial charge in [-0.1, -0.05) is 50.2 Å². The highest BCUT2D eigenvalue weighted by Crippen LogP contribution is 2.28. The number of carbonyl (C=O) groups is 4. The molecule has 0 saturated carbocycles. The molecule has 0 spiro atoms. The summed E-state index contributed by atoms with van der Waals surface area (Å²) in [5.41, 5.74) is 1.15. The third-order valence-electron chi connectivity index (χ3n) is 6.82. The Morgan fingerprint density at radius 1 is 0.950 bits per heavy atom. The summed E-state index contributed by atoms with van der Waals surface area (Å²) in [4.78, 5) is 62.6. The van der Waals surface area contributed by atoms with Crippen molar-refractivity contribution in [2.75, 3.05) is 6.54 Å². The monoisotopic (exact) mass is 546 g/mol. The van der Waals surface area contributed by atoms with Crippen LogP contribution in [-0.4, -0.2) is 57.2 Å². The second-order valence-electron chi connectivity index (χ2n) is 10.2. The molecule has 208 valence electrons. The van der Waals surface area contributed by atoms with E-state index in [-0.39, 0.29) is 42.2 Å². The molecule has 1 heterocycles. The van der Waals surface area contributed by atoms with Gasteiger partial charge in [0, 0.05) is 25.2 Å². The largest absolute Gasteiger partial charge is 0.480 e. The fourth-order valence-electron chi connectivity index (χ4n) is 4.73. The molecule has 3 amide bonds. The molecule has 0 aromatic heterocycles. The second-order valence-corrected chi connectivity index (χ2v) is 10.2. The lowest BCUT2D eigenvalue weighted by Gasteiger charge is -2.25. The molecular weight excluding hydrogens is 516 g/mol. The minimum Gasteiger partial charge on any atom is -0.480 e. The van der Waals surface area contributed by atoms with Crippen LogP contribution in [0.4, 0.5) is 5.69 Å². The van der Waals surface area contributed by atoms with E-state index in [1.165, 1.54) is 24.3 Å². The van der Waals surface area contributed by atoms with Crippen molar-refractivity contribution in [3.05, 3.63) is 87.5 Å². The molecule has 1 aliphatic heterocycles.